The summed E-state index contributed by atoms with van der Waals surface area (Å²) in [6, 6.07) is 6.34. The molecule has 0 saturated carbocycles. The van der Waals surface area contributed by atoms with Gasteiger partial charge in [0.15, 0.2) is 5.82 Å². The topological polar surface area (TPSA) is 85.4 Å². The van der Waals surface area contributed by atoms with Crippen LogP contribution in [0.2, 0.25) is 0 Å². The number of methoxy groups -OCH3 is 1. The predicted molar refractivity (Wildman–Crippen MR) is 120 cm³/mol. The van der Waals surface area contributed by atoms with Crippen LogP contribution in [0.3, 0.4) is 0 Å². The lowest BCUT2D eigenvalue weighted by molar-refractivity contribution is 0.0476. The summed E-state index contributed by atoms with van der Waals surface area (Å²) < 4.78 is 16.6. The summed E-state index contributed by atoms with van der Waals surface area (Å²) in [4.78, 5) is 19.9. The molecule has 31 heavy (non-hydrogen) atoms. The number of nitrogens with one attached hydrogen (secondary N) is 1. The fourth-order valence-electron chi connectivity index (χ4n) is 3.82. The predicted octanol–water partition coefficient (Wildman–Crippen LogP) is 3.19. The fourth-order valence-corrected chi connectivity index (χ4v) is 3.82. The molecule has 8 heteroatoms. The molecule has 3 aromatic rings. The van der Waals surface area contributed by atoms with Crippen LogP contribution in [-0.2, 0) is 19.6 Å². The van der Waals surface area contributed by atoms with Gasteiger partial charge in [-0.3, -0.25) is 0 Å². The number of H-pyrrole nitrogens is 1. The third kappa shape index (κ3) is 4.71. The van der Waals surface area contributed by atoms with E-state index < -0.39 is 0 Å². The fraction of sp³-hybridized carbons (Fsp3) is 0.522. The van der Waals surface area contributed by atoms with Gasteiger partial charge in [0.2, 0.25) is 0 Å². The van der Waals surface area contributed by atoms with E-state index in [1.807, 2.05) is 18.3 Å². The first kappa shape index (κ1) is 21.7. The van der Waals surface area contributed by atoms with Crippen LogP contribution in [0, 0.1) is 0 Å². The van der Waals surface area contributed by atoms with Crippen LogP contribution in [0.4, 0.5) is 5.82 Å². The maximum atomic E-state index is 5.87. The van der Waals surface area contributed by atoms with Crippen molar-refractivity contribution >= 4 is 16.9 Å². The Hall–Kier alpha value is -2.55. The summed E-state index contributed by atoms with van der Waals surface area (Å²) >= 11 is 0. The Morgan fingerprint density at radius 1 is 1.26 bits per heavy atom. The number of anilines is 1. The Balaban J connectivity index is 1.76. The smallest absolute Gasteiger partial charge is 0.162 e. The van der Waals surface area contributed by atoms with Gasteiger partial charge in [0.05, 0.1) is 44.8 Å². The number of nitrogens with zero attached hydrogens (tertiary/aromatic N) is 4. The van der Waals surface area contributed by atoms with E-state index in [1.165, 1.54) is 0 Å². The molecule has 0 spiro atoms. The molecular formula is C23H31N5O3. The minimum Gasteiger partial charge on any atom is -0.382 e. The van der Waals surface area contributed by atoms with Crippen LogP contribution in [-0.4, -0.2) is 72.7 Å². The van der Waals surface area contributed by atoms with Crippen molar-refractivity contribution in [3.63, 3.8) is 0 Å². The summed E-state index contributed by atoms with van der Waals surface area (Å²) in [6.45, 7) is 10.3. The lowest BCUT2D eigenvalue weighted by Gasteiger charge is -2.35. The number of aromatic nitrogens is 4. The van der Waals surface area contributed by atoms with Crippen molar-refractivity contribution in [3.8, 4) is 11.4 Å². The van der Waals surface area contributed by atoms with Crippen LogP contribution >= 0.6 is 0 Å². The van der Waals surface area contributed by atoms with Crippen molar-refractivity contribution in [2.45, 2.75) is 32.2 Å². The Bertz CT molecular complexity index is 1020. The maximum Gasteiger partial charge on any atom is 0.162 e. The van der Waals surface area contributed by atoms with Crippen LogP contribution in [0.1, 0.15) is 26.5 Å². The molecule has 0 aliphatic carbocycles. The van der Waals surface area contributed by atoms with Crippen LogP contribution in [0.25, 0.3) is 22.4 Å². The van der Waals surface area contributed by atoms with Gasteiger partial charge in [-0.1, -0.05) is 13.8 Å². The number of pyridine rings is 1. The Kier molecular flexibility index (Phi) is 6.50. The van der Waals surface area contributed by atoms with E-state index in [0.717, 1.165) is 34.7 Å². The molecule has 1 N–H and O–H groups in total. The van der Waals surface area contributed by atoms with Gasteiger partial charge in [-0.2, -0.15) is 0 Å². The molecule has 8 nitrogen and oxygen atoms in total. The number of ether oxygens (including phenoxy) is 3. The van der Waals surface area contributed by atoms with E-state index in [9.17, 15) is 0 Å². The Morgan fingerprint density at radius 3 is 2.94 bits per heavy atom. The van der Waals surface area contributed by atoms with Crippen LogP contribution in [0.15, 0.2) is 30.6 Å². The van der Waals surface area contributed by atoms with Crippen molar-refractivity contribution in [2.24, 2.45) is 0 Å². The number of aromatic amines is 1. The minimum atomic E-state index is -0.292. The second-order valence-corrected chi connectivity index (χ2v) is 8.58. The van der Waals surface area contributed by atoms with Crippen molar-refractivity contribution in [1.82, 2.24) is 19.9 Å². The van der Waals surface area contributed by atoms with E-state index in [1.54, 1.807) is 13.3 Å². The zero-order valence-electron chi connectivity index (χ0n) is 18.7. The molecule has 1 aliphatic rings. The first-order valence-corrected chi connectivity index (χ1v) is 10.7. The van der Waals surface area contributed by atoms with E-state index >= 15 is 0 Å². The zero-order valence-corrected chi connectivity index (χ0v) is 18.7. The standard InChI is InChI=1S/C23H31N5O3/c1-16-14-30-10-9-28(16)20-13-19(23(2,3)15-31-12-11-29-4)26-22(27-20)18-6-8-25-21-17(18)5-7-24-21/h5-8,13,16H,9-12,14-15H2,1-4H3,(H,24,25)/t16-/m1/s1. The van der Waals surface area contributed by atoms with E-state index in [-0.39, 0.29) is 11.5 Å². The van der Waals surface area contributed by atoms with Crippen molar-refractivity contribution in [2.75, 3.05) is 51.6 Å². The van der Waals surface area contributed by atoms with Gasteiger partial charge in [-0.05, 0) is 19.1 Å². The highest BCUT2D eigenvalue weighted by Gasteiger charge is 2.28. The Labute approximate surface area is 183 Å². The summed E-state index contributed by atoms with van der Waals surface area (Å²) in [7, 11) is 1.68. The summed E-state index contributed by atoms with van der Waals surface area (Å²) in [5, 5.41) is 1.01. The molecule has 0 bridgehead atoms. The van der Waals surface area contributed by atoms with Crippen molar-refractivity contribution in [3.05, 3.63) is 36.3 Å². The lowest BCUT2D eigenvalue weighted by atomic mass is 9.89. The molecule has 166 valence electrons. The molecule has 1 fully saturated rings. The summed E-state index contributed by atoms with van der Waals surface area (Å²) in [6.07, 6.45) is 3.68. The van der Waals surface area contributed by atoms with Gasteiger partial charge in [-0.15, -0.1) is 0 Å². The number of rotatable bonds is 8. The first-order chi connectivity index (χ1) is 15.0. The molecule has 1 aliphatic heterocycles. The SMILES string of the molecule is COCCOCC(C)(C)c1cc(N2CCOC[C@H]2C)nc(-c2ccnc3[nH]ccc23)n1. The van der Waals surface area contributed by atoms with Gasteiger partial charge in [0, 0.05) is 48.5 Å². The molecule has 4 heterocycles. The molecule has 0 unspecified atom stereocenters. The first-order valence-electron chi connectivity index (χ1n) is 10.7. The van der Waals surface area contributed by atoms with Crippen molar-refractivity contribution in [1.29, 1.82) is 0 Å². The zero-order chi connectivity index (χ0) is 21.8. The third-order valence-corrected chi connectivity index (χ3v) is 5.66. The number of morpholine rings is 1. The lowest BCUT2D eigenvalue weighted by Crippen LogP contribution is -2.44. The maximum absolute atomic E-state index is 5.87. The molecule has 0 amide bonds. The van der Waals surface area contributed by atoms with Crippen LogP contribution < -0.4 is 4.90 Å². The molecule has 4 rings (SSSR count). The van der Waals surface area contributed by atoms with Gasteiger partial charge >= 0.3 is 0 Å². The summed E-state index contributed by atoms with van der Waals surface area (Å²) in [5.74, 6) is 1.62. The van der Waals surface area contributed by atoms with Gasteiger partial charge < -0.3 is 24.1 Å². The van der Waals surface area contributed by atoms with Crippen molar-refractivity contribution < 1.29 is 14.2 Å². The van der Waals surface area contributed by atoms with Gasteiger partial charge in [0.1, 0.15) is 11.5 Å². The quantitative estimate of drug-likeness (QED) is 0.555. The van der Waals surface area contributed by atoms with Crippen LogP contribution in [0.5, 0.6) is 0 Å². The molecule has 3 aromatic heterocycles. The average Bonchev–Trinajstić information content (AvgIpc) is 3.26. The second-order valence-electron chi connectivity index (χ2n) is 8.58. The average molecular weight is 426 g/mol. The van der Waals surface area contributed by atoms with Gasteiger partial charge in [-0.25, -0.2) is 15.0 Å². The monoisotopic (exact) mass is 425 g/mol. The number of hydrogen-bond acceptors (Lipinski definition) is 7. The largest absolute Gasteiger partial charge is 0.382 e. The highest BCUT2D eigenvalue weighted by Crippen LogP contribution is 2.31. The molecule has 0 radical (unpaired) electrons. The number of hydrogen-bond donors (Lipinski definition) is 1. The second kappa shape index (κ2) is 9.30. The Morgan fingerprint density at radius 2 is 2.13 bits per heavy atom. The highest BCUT2D eigenvalue weighted by molar-refractivity contribution is 5.91. The number of fused-ring (bicyclic) bond motifs is 1. The minimum absolute atomic E-state index is 0.245. The normalized spacial score (nSPS) is 17.4. The van der Waals surface area contributed by atoms with Gasteiger partial charge in [0.25, 0.3) is 0 Å². The van der Waals surface area contributed by atoms with E-state index in [0.29, 0.717) is 38.9 Å². The van der Waals surface area contributed by atoms with E-state index in [4.69, 9.17) is 24.2 Å². The summed E-state index contributed by atoms with van der Waals surface area (Å²) in [5.41, 5.74) is 2.45. The molecule has 0 aromatic carbocycles. The molecule has 1 saturated heterocycles. The van der Waals surface area contributed by atoms with E-state index in [2.05, 4.69) is 41.7 Å². The molecular weight excluding hydrogens is 394 g/mol. The molecule has 1 atom stereocenters. The highest BCUT2D eigenvalue weighted by atomic mass is 16.5. The third-order valence-electron chi connectivity index (χ3n) is 5.66.